The molecule has 0 aliphatic carbocycles. The Balaban J connectivity index is 1.47. The lowest BCUT2D eigenvalue weighted by Gasteiger charge is -2.18. The van der Waals surface area contributed by atoms with E-state index in [1.165, 1.54) is 0 Å². The van der Waals surface area contributed by atoms with E-state index < -0.39 is 6.04 Å². The zero-order chi connectivity index (χ0) is 18.3. The molecule has 0 saturated carbocycles. The maximum absolute atomic E-state index is 12.7. The first-order valence-corrected chi connectivity index (χ1v) is 8.61. The van der Waals surface area contributed by atoms with Gasteiger partial charge in [-0.25, -0.2) is 0 Å². The number of carbonyl (C=O) groups is 2. The molecule has 2 amide bonds. The molecule has 1 N–H and O–H groups in total. The van der Waals surface area contributed by atoms with Crippen LogP contribution in [0.3, 0.4) is 0 Å². The summed E-state index contributed by atoms with van der Waals surface area (Å²) in [6.07, 6.45) is 0.585. The summed E-state index contributed by atoms with van der Waals surface area (Å²) in [5, 5.41) is 2.84. The van der Waals surface area contributed by atoms with E-state index in [2.05, 4.69) is 11.4 Å². The quantitative estimate of drug-likeness (QED) is 0.922. The van der Waals surface area contributed by atoms with Crippen LogP contribution in [0.25, 0.3) is 0 Å². The second kappa shape index (κ2) is 6.37. The van der Waals surface area contributed by atoms with Gasteiger partial charge in [0, 0.05) is 17.8 Å². The standard InChI is InChI=1S/C20H20N2O4/c1-12-7-13(2)9-15(8-12)22-6-5-16(20(22)24)21-19(23)14-3-4-17-18(10-14)26-11-25-17/h3-4,7-10,16H,5-6,11H2,1-2H3,(H,21,23)/t16-/m1/s1. The molecule has 0 spiro atoms. The maximum atomic E-state index is 12.7. The third kappa shape index (κ3) is 2.98. The molecule has 4 rings (SSSR count). The lowest BCUT2D eigenvalue weighted by Crippen LogP contribution is -2.41. The second-order valence-corrected chi connectivity index (χ2v) is 6.72. The van der Waals surface area contributed by atoms with Gasteiger partial charge < -0.3 is 19.7 Å². The number of benzene rings is 2. The van der Waals surface area contributed by atoms with Gasteiger partial charge in [0.1, 0.15) is 6.04 Å². The number of nitrogens with one attached hydrogen (secondary N) is 1. The molecule has 1 fully saturated rings. The van der Waals surface area contributed by atoms with Crippen molar-refractivity contribution in [3.8, 4) is 11.5 Å². The lowest BCUT2D eigenvalue weighted by atomic mass is 10.1. The fourth-order valence-electron chi connectivity index (χ4n) is 3.46. The minimum absolute atomic E-state index is 0.0795. The first-order valence-electron chi connectivity index (χ1n) is 8.61. The molecule has 134 valence electrons. The van der Waals surface area contributed by atoms with E-state index >= 15 is 0 Å². The Bertz CT molecular complexity index is 873. The summed E-state index contributed by atoms with van der Waals surface area (Å²) >= 11 is 0. The Labute approximate surface area is 151 Å². The molecule has 0 radical (unpaired) electrons. The average molecular weight is 352 g/mol. The SMILES string of the molecule is Cc1cc(C)cc(N2CC[C@@H](NC(=O)c3ccc4c(c3)OCO4)C2=O)c1. The molecule has 26 heavy (non-hydrogen) atoms. The van der Waals surface area contributed by atoms with Gasteiger partial charge in [0.25, 0.3) is 5.91 Å². The van der Waals surface area contributed by atoms with Gasteiger partial charge in [-0.3, -0.25) is 9.59 Å². The van der Waals surface area contributed by atoms with Gasteiger partial charge in [0.2, 0.25) is 12.7 Å². The molecule has 0 unspecified atom stereocenters. The third-order valence-corrected chi connectivity index (χ3v) is 4.66. The summed E-state index contributed by atoms with van der Waals surface area (Å²) in [4.78, 5) is 27.0. The zero-order valence-electron chi connectivity index (χ0n) is 14.7. The van der Waals surface area contributed by atoms with E-state index in [-0.39, 0.29) is 18.6 Å². The molecular weight excluding hydrogens is 332 g/mol. The molecule has 1 atom stereocenters. The molecule has 1 saturated heterocycles. The highest BCUT2D eigenvalue weighted by Gasteiger charge is 2.34. The van der Waals surface area contributed by atoms with Crippen molar-refractivity contribution in [3.63, 3.8) is 0 Å². The van der Waals surface area contributed by atoms with Crippen molar-refractivity contribution in [2.24, 2.45) is 0 Å². The summed E-state index contributed by atoms with van der Waals surface area (Å²) in [7, 11) is 0. The van der Waals surface area contributed by atoms with E-state index in [9.17, 15) is 9.59 Å². The van der Waals surface area contributed by atoms with Crippen molar-refractivity contribution in [1.82, 2.24) is 5.32 Å². The number of anilines is 1. The molecular formula is C20H20N2O4. The van der Waals surface area contributed by atoms with Crippen LogP contribution in [0.1, 0.15) is 27.9 Å². The fraction of sp³-hybridized carbons (Fsp3) is 0.300. The van der Waals surface area contributed by atoms with Crippen LogP contribution in [0.4, 0.5) is 5.69 Å². The number of hydrogen-bond acceptors (Lipinski definition) is 4. The molecule has 2 heterocycles. The highest BCUT2D eigenvalue weighted by atomic mass is 16.7. The molecule has 2 aromatic carbocycles. The number of rotatable bonds is 3. The Kier molecular flexibility index (Phi) is 4.03. The number of aryl methyl sites for hydroxylation is 2. The minimum Gasteiger partial charge on any atom is -0.454 e. The number of amides is 2. The molecule has 0 bridgehead atoms. The molecule has 0 aromatic heterocycles. The summed E-state index contributed by atoms with van der Waals surface area (Å²) in [6, 6.07) is 10.6. The van der Waals surface area contributed by atoms with E-state index in [1.807, 2.05) is 26.0 Å². The van der Waals surface area contributed by atoms with Gasteiger partial charge >= 0.3 is 0 Å². The Hall–Kier alpha value is -3.02. The number of hydrogen-bond donors (Lipinski definition) is 1. The predicted molar refractivity (Wildman–Crippen MR) is 96.7 cm³/mol. The molecule has 6 heteroatoms. The highest BCUT2D eigenvalue weighted by Crippen LogP contribution is 2.32. The van der Waals surface area contributed by atoms with E-state index in [1.54, 1.807) is 23.1 Å². The summed E-state index contributed by atoms with van der Waals surface area (Å²) < 4.78 is 10.6. The van der Waals surface area contributed by atoms with Crippen molar-refractivity contribution < 1.29 is 19.1 Å². The summed E-state index contributed by atoms with van der Waals surface area (Å²) in [5.41, 5.74) is 3.56. The van der Waals surface area contributed by atoms with Crippen molar-refractivity contribution >= 4 is 17.5 Å². The second-order valence-electron chi connectivity index (χ2n) is 6.72. The van der Waals surface area contributed by atoms with Gasteiger partial charge in [-0.15, -0.1) is 0 Å². The first kappa shape index (κ1) is 16.4. The summed E-state index contributed by atoms with van der Waals surface area (Å²) in [5.74, 6) is 0.805. The number of fused-ring (bicyclic) bond motifs is 1. The van der Waals surface area contributed by atoms with Crippen molar-refractivity contribution in [1.29, 1.82) is 0 Å². The van der Waals surface area contributed by atoms with Crippen molar-refractivity contribution in [2.75, 3.05) is 18.2 Å². The van der Waals surface area contributed by atoms with Crippen LogP contribution in [-0.4, -0.2) is 31.2 Å². The number of carbonyl (C=O) groups excluding carboxylic acids is 2. The predicted octanol–water partition coefficient (Wildman–Crippen LogP) is 2.57. The Morgan fingerprint density at radius 3 is 2.58 bits per heavy atom. The first-order chi connectivity index (χ1) is 12.5. The van der Waals surface area contributed by atoms with Crippen LogP contribution in [-0.2, 0) is 4.79 Å². The topological polar surface area (TPSA) is 67.9 Å². The molecule has 2 aliphatic heterocycles. The Morgan fingerprint density at radius 1 is 1.08 bits per heavy atom. The maximum Gasteiger partial charge on any atom is 0.252 e. The number of ether oxygens (including phenoxy) is 2. The molecule has 6 nitrogen and oxygen atoms in total. The van der Waals surface area contributed by atoms with E-state index in [4.69, 9.17) is 9.47 Å². The van der Waals surface area contributed by atoms with Gasteiger partial charge in [-0.05, 0) is 61.7 Å². The van der Waals surface area contributed by atoms with E-state index in [0.717, 1.165) is 16.8 Å². The minimum atomic E-state index is -0.520. The lowest BCUT2D eigenvalue weighted by molar-refractivity contribution is -0.118. The van der Waals surface area contributed by atoms with Gasteiger partial charge in [-0.1, -0.05) is 6.07 Å². The number of nitrogens with zero attached hydrogens (tertiary/aromatic N) is 1. The van der Waals surface area contributed by atoms with Gasteiger partial charge in [-0.2, -0.15) is 0 Å². The van der Waals surface area contributed by atoms with Crippen LogP contribution in [0.15, 0.2) is 36.4 Å². The third-order valence-electron chi connectivity index (χ3n) is 4.66. The molecule has 2 aliphatic rings. The Morgan fingerprint density at radius 2 is 1.81 bits per heavy atom. The van der Waals surface area contributed by atoms with Crippen molar-refractivity contribution in [3.05, 3.63) is 53.1 Å². The molecule has 2 aromatic rings. The largest absolute Gasteiger partial charge is 0.454 e. The van der Waals surface area contributed by atoms with Gasteiger partial charge in [0.05, 0.1) is 0 Å². The fourth-order valence-corrected chi connectivity index (χ4v) is 3.46. The van der Waals surface area contributed by atoms with Crippen LogP contribution in [0.5, 0.6) is 11.5 Å². The monoisotopic (exact) mass is 352 g/mol. The van der Waals surface area contributed by atoms with Crippen LogP contribution < -0.4 is 19.7 Å². The smallest absolute Gasteiger partial charge is 0.252 e. The van der Waals surface area contributed by atoms with Crippen molar-refractivity contribution in [2.45, 2.75) is 26.3 Å². The normalized spacial score (nSPS) is 18.3. The van der Waals surface area contributed by atoms with Crippen LogP contribution in [0, 0.1) is 13.8 Å². The highest BCUT2D eigenvalue weighted by molar-refractivity contribution is 6.04. The summed E-state index contributed by atoms with van der Waals surface area (Å²) in [6.45, 7) is 4.77. The zero-order valence-corrected chi connectivity index (χ0v) is 14.7. The van der Waals surface area contributed by atoms with Crippen LogP contribution >= 0.6 is 0 Å². The average Bonchev–Trinajstić information content (AvgIpc) is 3.20. The van der Waals surface area contributed by atoms with E-state index in [0.29, 0.717) is 30.0 Å². The van der Waals surface area contributed by atoms with Gasteiger partial charge in [0.15, 0.2) is 11.5 Å². The van der Waals surface area contributed by atoms with Crippen LogP contribution in [0.2, 0.25) is 0 Å².